The molecular formula is C16H22N4O2S. The van der Waals surface area contributed by atoms with Crippen molar-refractivity contribution < 1.29 is 9.59 Å². The Kier molecular flexibility index (Phi) is 5.92. The molecule has 0 spiro atoms. The molecule has 0 radical (unpaired) electrons. The highest BCUT2D eigenvalue weighted by Gasteiger charge is 2.16. The van der Waals surface area contributed by atoms with E-state index in [0.29, 0.717) is 11.4 Å². The molecule has 0 aromatic carbocycles. The van der Waals surface area contributed by atoms with Crippen molar-refractivity contribution >= 4 is 23.2 Å². The van der Waals surface area contributed by atoms with E-state index < -0.39 is 6.04 Å². The van der Waals surface area contributed by atoms with Gasteiger partial charge in [-0.15, -0.1) is 11.3 Å². The third kappa shape index (κ3) is 4.92. The molecule has 23 heavy (non-hydrogen) atoms. The normalized spacial score (nSPS) is 12.0. The zero-order valence-corrected chi connectivity index (χ0v) is 14.4. The quantitative estimate of drug-likeness (QED) is 0.759. The van der Waals surface area contributed by atoms with Crippen LogP contribution in [0.5, 0.6) is 0 Å². The second kappa shape index (κ2) is 7.92. The van der Waals surface area contributed by atoms with Crippen LogP contribution < -0.4 is 10.6 Å². The minimum atomic E-state index is -0.557. The topological polar surface area (TPSA) is 76.0 Å². The number of hydrogen-bond donors (Lipinski definition) is 2. The molecule has 0 bridgehead atoms. The smallest absolute Gasteiger partial charge is 0.261 e. The zero-order chi connectivity index (χ0) is 16.8. The Hall–Kier alpha value is -2.15. The van der Waals surface area contributed by atoms with Crippen molar-refractivity contribution in [2.24, 2.45) is 0 Å². The van der Waals surface area contributed by atoms with Crippen LogP contribution in [0.2, 0.25) is 0 Å². The van der Waals surface area contributed by atoms with Crippen molar-refractivity contribution in [2.45, 2.75) is 39.8 Å². The van der Waals surface area contributed by atoms with Crippen molar-refractivity contribution in [1.29, 1.82) is 0 Å². The predicted molar refractivity (Wildman–Crippen MR) is 90.6 cm³/mol. The van der Waals surface area contributed by atoms with Gasteiger partial charge in [0.1, 0.15) is 6.04 Å². The second-order valence-corrected chi connectivity index (χ2v) is 6.41. The van der Waals surface area contributed by atoms with Gasteiger partial charge in [-0.3, -0.25) is 14.3 Å². The lowest BCUT2D eigenvalue weighted by Gasteiger charge is -2.13. The van der Waals surface area contributed by atoms with Crippen molar-refractivity contribution in [3.63, 3.8) is 0 Å². The first kappa shape index (κ1) is 17.2. The van der Waals surface area contributed by atoms with Crippen molar-refractivity contribution in [3.8, 4) is 0 Å². The lowest BCUT2D eigenvalue weighted by molar-refractivity contribution is -0.122. The Labute approximate surface area is 139 Å². The van der Waals surface area contributed by atoms with E-state index in [1.165, 1.54) is 11.3 Å². The SMILES string of the molecule is Cc1cc(C)n(CCCNC(=O)[C@H](C)NC(=O)c2cccs2)n1. The van der Waals surface area contributed by atoms with Gasteiger partial charge < -0.3 is 10.6 Å². The van der Waals surface area contributed by atoms with Gasteiger partial charge in [-0.25, -0.2) is 0 Å². The maximum Gasteiger partial charge on any atom is 0.261 e. The van der Waals surface area contributed by atoms with Crippen LogP contribution in [-0.4, -0.2) is 34.2 Å². The van der Waals surface area contributed by atoms with E-state index in [1.54, 1.807) is 13.0 Å². The molecule has 2 aromatic rings. The molecule has 2 N–H and O–H groups in total. The number of hydrogen-bond acceptors (Lipinski definition) is 4. The number of thiophene rings is 1. The van der Waals surface area contributed by atoms with Gasteiger partial charge in [0, 0.05) is 18.8 Å². The molecule has 7 heteroatoms. The summed E-state index contributed by atoms with van der Waals surface area (Å²) in [6.45, 7) is 6.97. The number of nitrogens with zero attached hydrogens (tertiary/aromatic N) is 2. The number of carbonyl (C=O) groups excluding carboxylic acids is 2. The van der Waals surface area contributed by atoms with E-state index in [4.69, 9.17) is 0 Å². The summed E-state index contributed by atoms with van der Waals surface area (Å²) in [5, 5.41) is 11.7. The van der Waals surface area contributed by atoms with Crippen molar-refractivity contribution in [3.05, 3.63) is 39.8 Å². The van der Waals surface area contributed by atoms with Crippen LogP contribution in [0, 0.1) is 13.8 Å². The van der Waals surface area contributed by atoms with E-state index in [0.717, 1.165) is 24.4 Å². The summed E-state index contributed by atoms with van der Waals surface area (Å²) < 4.78 is 1.93. The molecule has 1 atom stereocenters. The Balaban J connectivity index is 1.70. The van der Waals surface area contributed by atoms with Gasteiger partial charge in [0.2, 0.25) is 5.91 Å². The molecule has 124 valence electrons. The Morgan fingerprint density at radius 1 is 1.39 bits per heavy atom. The van der Waals surface area contributed by atoms with Gasteiger partial charge in [-0.1, -0.05) is 6.07 Å². The molecule has 2 rings (SSSR count). The summed E-state index contributed by atoms with van der Waals surface area (Å²) >= 11 is 1.35. The summed E-state index contributed by atoms with van der Waals surface area (Å²) in [4.78, 5) is 24.5. The average Bonchev–Trinajstić information content (AvgIpc) is 3.13. The van der Waals surface area contributed by atoms with Gasteiger partial charge in [0.15, 0.2) is 0 Å². The van der Waals surface area contributed by atoms with E-state index in [9.17, 15) is 9.59 Å². The summed E-state index contributed by atoms with van der Waals surface area (Å²) in [6, 6.07) is 5.02. The summed E-state index contributed by atoms with van der Waals surface area (Å²) in [5.41, 5.74) is 2.11. The minimum Gasteiger partial charge on any atom is -0.354 e. The third-order valence-corrected chi connectivity index (χ3v) is 4.30. The highest BCUT2D eigenvalue weighted by Crippen LogP contribution is 2.08. The molecule has 0 fully saturated rings. The maximum absolute atomic E-state index is 12.0. The Bertz CT molecular complexity index is 664. The fourth-order valence-corrected chi connectivity index (χ4v) is 2.86. The van der Waals surface area contributed by atoms with Crippen LogP contribution in [0.4, 0.5) is 0 Å². The predicted octanol–water partition coefficient (Wildman–Crippen LogP) is 1.89. The van der Waals surface area contributed by atoms with Crippen molar-refractivity contribution in [1.82, 2.24) is 20.4 Å². The van der Waals surface area contributed by atoms with Crippen LogP contribution in [0.3, 0.4) is 0 Å². The standard InChI is InChI=1S/C16H22N4O2S/c1-11-10-12(2)20(19-11)8-5-7-17-15(21)13(3)18-16(22)14-6-4-9-23-14/h4,6,9-10,13H,5,7-8H2,1-3H3,(H,17,21)(H,18,22)/t13-/m0/s1. The van der Waals surface area contributed by atoms with Crippen LogP contribution in [-0.2, 0) is 11.3 Å². The van der Waals surface area contributed by atoms with Crippen LogP contribution >= 0.6 is 11.3 Å². The first-order valence-corrected chi connectivity index (χ1v) is 8.48. The molecule has 0 aliphatic heterocycles. The molecule has 2 heterocycles. The minimum absolute atomic E-state index is 0.178. The highest BCUT2D eigenvalue weighted by atomic mass is 32.1. The maximum atomic E-state index is 12.0. The number of amides is 2. The largest absolute Gasteiger partial charge is 0.354 e. The molecule has 2 aromatic heterocycles. The van der Waals surface area contributed by atoms with Crippen LogP contribution in [0.15, 0.2) is 23.6 Å². The van der Waals surface area contributed by atoms with E-state index in [-0.39, 0.29) is 11.8 Å². The zero-order valence-electron chi connectivity index (χ0n) is 13.6. The number of aromatic nitrogens is 2. The van der Waals surface area contributed by atoms with E-state index >= 15 is 0 Å². The summed E-state index contributed by atoms with van der Waals surface area (Å²) in [6.07, 6.45) is 0.791. The monoisotopic (exact) mass is 334 g/mol. The highest BCUT2D eigenvalue weighted by molar-refractivity contribution is 7.12. The molecule has 0 saturated carbocycles. The van der Waals surface area contributed by atoms with Gasteiger partial charge in [0.05, 0.1) is 10.6 Å². The van der Waals surface area contributed by atoms with Gasteiger partial charge in [0.25, 0.3) is 5.91 Å². The lowest BCUT2D eigenvalue weighted by atomic mass is 10.3. The van der Waals surface area contributed by atoms with Crippen LogP contribution in [0.1, 0.15) is 34.4 Å². The van der Waals surface area contributed by atoms with Crippen LogP contribution in [0.25, 0.3) is 0 Å². The fourth-order valence-electron chi connectivity index (χ4n) is 2.24. The summed E-state index contributed by atoms with van der Waals surface area (Å²) in [5.74, 6) is -0.395. The molecule has 0 saturated heterocycles. The number of nitrogens with one attached hydrogen (secondary N) is 2. The first-order valence-electron chi connectivity index (χ1n) is 7.60. The van der Waals surface area contributed by atoms with Gasteiger partial charge in [-0.05, 0) is 44.7 Å². The molecule has 0 aliphatic carbocycles. The Morgan fingerprint density at radius 2 is 2.17 bits per heavy atom. The van der Waals surface area contributed by atoms with E-state index in [1.807, 2.05) is 36.0 Å². The molecule has 0 unspecified atom stereocenters. The van der Waals surface area contributed by atoms with Gasteiger partial charge >= 0.3 is 0 Å². The van der Waals surface area contributed by atoms with Gasteiger partial charge in [-0.2, -0.15) is 5.10 Å². The molecular weight excluding hydrogens is 312 g/mol. The Morgan fingerprint density at radius 3 is 2.78 bits per heavy atom. The molecule has 0 aliphatic rings. The van der Waals surface area contributed by atoms with Crippen molar-refractivity contribution in [2.75, 3.05) is 6.54 Å². The third-order valence-electron chi connectivity index (χ3n) is 3.44. The molecule has 2 amide bonds. The lowest BCUT2D eigenvalue weighted by Crippen LogP contribution is -2.45. The number of aryl methyl sites for hydroxylation is 3. The first-order chi connectivity index (χ1) is 11.0. The second-order valence-electron chi connectivity index (χ2n) is 5.47. The summed E-state index contributed by atoms with van der Waals surface area (Å²) in [7, 11) is 0. The number of rotatable bonds is 7. The number of carbonyl (C=O) groups is 2. The molecule has 6 nitrogen and oxygen atoms in total. The van der Waals surface area contributed by atoms with E-state index in [2.05, 4.69) is 15.7 Å². The fraction of sp³-hybridized carbons (Fsp3) is 0.438. The average molecular weight is 334 g/mol.